The van der Waals surface area contributed by atoms with Crippen LogP contribution in [0.5, 0.6) is 0 Å². The molecule has 0 aliphatic carbocycles. The standard InChI is InChI=1S/C17H19FO2/c18-16-9-4-6-14(12-16)13-20-17(10-5-11-19)15-7-2-1-3-8-15/h1-4,6-9,12,17,19H,5,10-11,13H2. The fraction of sp³-hybridized carbons (Fsp3) is 0.294. The van der Waals surface area contributed by atoms with Crippen molar-refractivity contribution in [3.8, 4) is 0 Å². The van der Waals surface area contributed by atoms with Crippen LogP contribution in [-0.4, -0.2) is 11.7 Å². The Kier molecular flexibility index (Phi) is 5.71. The van der Waals surface area contributed by atoms with Crippen molar-refractivity contribution in [2.45, 2.75) is 25.6 Å². The summed E-state index contributed by atoms with van der Waals surface area (Å²) in [5.74, 6) is -0.252. The Morgan fingerprint density at radius 2 is 1.85 bits per heavy atom. The minimum Gasteiger partial charge on any atom is -0.396 e. The Bertz CT molecular complexity index is 513. The number of ether oxygens (including phenoxy) is 1. The third kappa shape index (κ3) is 4.44. The zero-order valence-electron chi connectivity index (χ0n) is 11.3. The molecule has 1 atom stereocenters. The van der Waals surface area contributed by atoms with E-state index < -0.39 is 0 Å². The summed E-state index contributed by atoms with van der Waals surface area (Å²) in [5, 5.41) is 8.98. The second-order valence-electron chi connectivity index (χ2n) is 4.71. The van der Waals surface area contributed by atoms with Crippen molar-refractivity contribution >= 4 is 0 Å². The van der Waals surface area contributed by atoms with Crippen molar-refractivity contribution in [2.24, 2.45) is 0 Å². The molecule has 2 aromatic rings. The maximum Gasteiger partial charge on any atom is 0.123 e. The molecule has 1 unspecified atom stereocenters. The first-order valence-corrected chi connectivity index (χ1v) is 6.81. The van der Waals surface area contributed by atoms with Gasteiger partial charge >= 0.3 is 0 Å². The fourth-order valence-electron chi connectivity index (χ4n) is 2.11. The van der Waals surface area contributed by atoms with E-state index in [4.69, 9.17) is 9.84 Å². The van der Waals surface area contributed by atoms with Crippen LogP contribution in [0, 0.1) is 5.82 Å². The largest absolute Gasteiger partial charge is 0.396 e. The molecule has 2 aromatic carbocycles. The highest BCUT2D eigenvalue weighted by Gasteiger charge is 2.11. The summed E-state index contributed by atoms with van der Waals surface area (Å²) in [6, 6.07) is 16.3. The molecule has 0 fully saturated rings. The fourth-order valence-corrected chi connectivity index (χ4v) is 2.11. The predicted octanol–water partition coefficient (Wildman–Crippen LogP) is 3.86. The molecular formula is C17H19FO2. The van der Waals surface area contributed by atoms with E-state index in [0.29, 0.717) is 13.0 Å². The molecule has 106 valence electrons. The molecule has 2 nitrogen and oxygen atoms in total. The molecule has 0 aromatic heterocycles. The molecule has 0 saturated carbocycles. The smallest absolute Gasteiger partial charge is 0.123 e. The highest BCUT2D eigenvalue weighted by Crippen LogP contribution is 2.24. The second-order valence-corrected chi connectivity index (χ2v) is 4.71. The molecule has 0 amide bonds. The third-order valence-electron chi connectivity index (χ3n) is 3.14. The second kappa shape index (κ2) is 7.78. The Morgan fingerprint density at radius 1 is 1.05 bits per heavy atom. The van der Waals surface area contributed by atoms with Crippen LogP contribution in [0.25, 0.3) is 0 Å². The van der Waals surface area contributed by atoms with Crippen LogP contribution in [0.15, 0.2) is 54.6 Å². The molecule has 0 saturated heterocycles. The summed E-state index contributed by atoms with van der Waals surface area (Å²) >= 11 is 0. The molecule has 0 heterocycles. The molecule has 2 rings (SSSR count). The van der Waals surface area contributed by atoms with Crippen LogP contribution >= 0.6 is 0 Å². The van der Waals surface area contributed by atoms with Gasteiger partial charge in [-0.15, -0.1) is 0 Å². The number of aliphatic hydroxyl groups excluding tert-OH is 1. The molecule has 0 bridgehead atoms. The van der Waals surface area contributed by atoms with Gasteiger partial charge in [0, 0.05) is 6.61 Å². The van der Waals surface area contributed by atoms with Gasteiger partial charge < -0.3 is 9.84 Å². The van der Waals surface area contributed by atoms with E-state index in [9.17, 15) is 4.39 Å². The topological polar surface area (TPSA) is 29.5 Å². The Morgan fingerprint density at radius 3 is 2.55 bits per heavy atom. The van der Waals surface area contributed by atoms with Gasteiger partial charge in [0.05, 0.1) is 12.7 Å². The summed E-state index contributed by atoms with van der Waals surface area (Å²) in [6.07, 6.45) is 1.35. The summed E-state index contributed by atoms with van der Waals surface area (Å²) < 4.78 is 19.0. The quantitative estimate of drug-likeness (QED) is 0.831. The molecule has 0 aliphatic rings. The van der Waals surface area contributed by atoms with E-state index in [1.54, 1.807) is 6.07 Å². The monoisotopic (exact) mass is 274 g/mol. The number of rotatable bonds is 7. The molecule has 3 heteroatoms. The highest BCUT2D eigenvalue weighted by atomic mass is 19.1. The van der Waals surface area contributed by atoms with Gasteiger partial charge in [-0.05, 0) is 36.1 Å². The lowest BCUT2D eigenvalue weighted by Gasteiger charge is -2.18. The molecular weight excluding hydrogens is 255 g/mol. The summed E-state index contributed by atoms with van der Waals surface area (Å²) in [6.45, 7) is 0.509. The first kappa shape index (κ1) is 14.7. The van der Waals surface area contributed by atoms with Crippen molar-refractivity contribution in [3.05, 3.63) is 71.5 Å². The first-order chi connectivity index (χ1) is 9.79. The van der Waals surface area contributed by atoms with Crippen molar-refractivity contribution in [1.29, 1.82) is 0 Å². The zero-order valence-corrected chi connectivity index (χ0v) is 11.3. The van der Waals surface area contributed by atoms with Crippen molar-refractivity contribution < 1.29 is 14.2 Å². The van der Waals surface area contributed by atoms with E-state index in [1.807, 2.05) is 36.4 Å². The van der Waals surface area contributed by atoms with Crippen molar-refractivity contribution in [3.63, 3.8) is 0 Å². The highest BCUT2D eigenvalue weighted by molar-refractivity contribution is 5.18. The molecule has 0 radical (unpaired) electrons. The van der Waals surface area contributed by atoms with Crippen LogP contribution in [0.3, 0.4) is 0 Å². The van der Waals surface area contributed by atoms with E-state index in [1.165, 1.54) is 12.1 Å². The predicted molar refractivity (Wildman–Crippen MR) is 76.7 cm³/mol. The van der Waals surface area contributed by atoms with Crippen LogP contribution in [0.2, 0.25) is 0 Å². The number of aliphatic hydroxyl groups is 1. The Hall–Kier alpha value is -1.71. The minimum absolute atomic E-state index is 0.0772. The van der Waals surface area contributed by atoms with Crippen LogP contribution in [-0.2, 0) is 11.3 Å². The maximum absolute atomic E-state index is 13.1. The normalized spacial score (nSPS) is 12.3. The number of hydrogen-bond acceptors (Lipinski definition) is 2. The van der Waals surface area contributed by atoms with Gasteiger partial charge in [0.25, 0.3) is 0 Å². The molecule has 0 spiro atoms. The number of benzene rings is 2. The lowest BCUT2D eigenvalue weighted by Crippen LogP contribution is -2.06. The number of halogens is 1. The van der Waals surface area contributed by atoms with Crippen LogP contribution < -0.4 is 0 Å². The van der Waals surface area contributed by atoms with Gasteiger partial charge in [-0.3, -0.25) is 0 Å². The van der Waals surface area contributed by atoms with E-state index in [-0.39, 0.29) is 18.5 Å². The summed E-state index contributed by atoms with van der Waals surface area (Å²) in [7, 11) is 0. The molecule has 0 aliphatic heterocycles. The van der Waals surface area contributed by atoms with Gasteiger partial charge in [-0.1, -0.05) is 42.5 Å². The third-order valence-corrected chi connectivity index (χ3v) is 3.14. The SMILES string of the molecule is OCCCC(OCc1cccc(F)c1)c1ccccc1. The van der Waals surface area contributed by atoms with Gasteiger partial charge in [0.2, 0.25) is 0 Å². The average Bonchev–Trinajstić information content (AvgIpc) is 2.48. The summed E-state index contributed by atoms with van der Waals surface area (Å²) in [4.78, 5) is 0. The van der Waals surface area contributed by atoms with Crippen LogP contribution in [0.1, 0.15) is 30.1 Å². The molecule has 1 N–H and O–H groups in total. The van der Waals surface area contributed by atoms with Crippen LogP contribution in [0.4, 0.5) is 4.39 Å². The van der Waals surface area contributed by atoms with Crippen molar-refractivity contribution in [2.75, 3.05) is 6.61 Å². The van der Waals surface area contributed by atoms with E-state index in [2.05, 4.69) is 0 Å². The molecule has 20 heavy (non-hydrogen) atoms. The summed E-state index contributed by atoms with van der Waals surface area (Å²) in [5.41, 5.74) is 1.90. The first-order valence-electron chi connectivity index (χ1n) is 6.81. The minimum atomic E-state index is -0.252. The van der Waals surface area contributed by atoms with E-state index >= 15 is 0 Å². The van der Waals surface area contributed by atoms with Gasteiger partial charge in [-0.25, -0.2) is 4.39 Å². The number of hydrogen-bond donors (Lipinski definition) is 1. The Labute approximate surface area is 118 Å². The van der Waals surface area contributed by atoms with Gasteiger partial charge in [0.15, 0.2) is 0 Å². The van der Waals surface area contributed by atoms with Gasteiger partial charge in [-0.2, -0.15) is 0 Å². The lowest BCUT2D eigenvalue weighted by molar-refractivity contribution is 0.0294. The zero-order chi connectivity index (χ0) is 14.2. The van der Waals surface area contributed by atoms with E-state index in [0.717, 1.165) is 17.5 Å². The lowest BCUT2D eigenvalue weighted by atomic mass is 10.0. The average molecular weight is 274 g/mol. The van der Waals surface area contributed by atoms with Gasteiger partial charge in [0.1, 0.15) is 5.82 Å². The van der Waals surface area contributed by atoms with Crippen molar-refractivity contribution in [1.82, 2.24) is 0 Å². The Balaban J connectivity index is 2.01. The maximum atomic E-state index is 13.1.